The second-order valence-electron chi connectivity index (χ2n) is 4.80. The van der Waals surface area contributed by atoms with Crippen molar-refractivity contribution in [2.24, 2.45) is 0 Å². The zero-order valence-electron chi connectivity index (χ0n) is 10.7. The predicted molar refractivity (Wildman–Crippen MR) is 91.6 cm³/mol. The van der Waals surface area contributed by atoms with Crippen molar-refractivity contribution in [2.75, 3.05) is 6.26 Å². The fourth-order valence-electron chi connectivity index (χ4n) is 2.19. The first kappa shape index (κ1) is 17.7. The van der Waals surface area contributed by atoms with Gasteiger partial charge in [0.1, 0.15) is 5.38 Å². The number of halogens is 5. The van der Waals surface area contributed by atoms with Crippen molar-refractivity contribution < 1.29 is 8.42 Å². The molecule has 8 heteroatoms. The minimum absolute atomic E-state index is 0.436. The smallest absolute Gasteiger partial charge is 0.184 e. The molecule has 0 spiro atoms. The van der Waals surface area contributed by atoms with E-state index in [4.69, 9.17) is 58.0 Å². The van der Waals surface area contributed by atoms with E-state index in [2.05, 4.69) is 0 Å². The van der Waals surface area contributed by atoms with Gasteiger partial charge in [-0.2, -0.15) is 0 Å². The molecule has 0 aliphatic heterocycles. The topological polar surface area (TPSA) is 34.1 Å². The van der Waals surface area contributed by atoms with Crippen LogP contribution >= 0.6 is 58.0 Å². The van der Waals surface area contributed by atoms with Gasteiger partial charge >= 0.3 is 0 Å². The molecule has 0 bridgehead atoms. The fourth-order valence-corrected chi connectivity index (χ4v) is 5.92. The maximum Gasteiger partial charge on any atom is 0.184 e. The quantitative estimate of drug-likeness (QED) is 0.678. The molecule has 0 aromatic heterocycles. The zero-order valence-corrected chi connectivity index (χ0v) is 15.3. The van der Waals surface area contributed by atoms with Crippen molar-refractivity contribution in [3.63, 3.8) is 0 Å². The highest BCUT2D eigenvalue weighted by atomic mass is 35.5. The molecule has 2 nitrogen and oxygen atoms in total. The molecule has 1 aliphatic carbocycles. The highest BCUT2D eigenvalue weighted by molar-refractivity contribution is 7.93. The number of hydrogen-bond acceptors (Lipinski definition) is 2. The Hall–Kier alpha value is 0.360. The number of sulfone groups is 1. The van der Waals surface area contributed by atoms with Gasteiger partial charge in [-0.3, -0.25) is 0 Å². The van der Waals surface area contributed by atoms with Gasteiger partial charge in [0, 0.05) is 6.26 Å². The van der Waals surface area contributed by atoms with Gasteiger partial charge in [0.25, 0.3) is 0 Å². The van der Waals surface area contributed by atoms with Gasteiger partial charge in [-0.1, -0.05) is 71.2 Å². The predicted octanol–water partition coefficient (Wildman–Crippen LogP) is 4.45. The fraction of sp³-hybridized carbons (Fsp3) is 0.385. The van der Waals surface area contributed by atoms with Gasteiger partial charge in [-0.25, -0.2) is 8.42 Å². The van der Waals surface area contributed by atoms with Gasteiger partial charge < -0.3 is 0 Å². The Morgan fingerprint density at radius 2 is 1.57 bits per heavy atom. The third-order valence-electron chi connectivity index (χ3n) is 3.37. The molecule has 0 heterocycles. The lowest BCUT2D eigenvalue weighted by Crippen LogP contribution is -2.57. The molecule has 3 unspecified atom stereocenters. The average Bonchev–Trinajstić information content (AvgIpc) is 2.40. The molecular formula is C13H11Cl5O2S. The van der Waals surface area contributed by atoms with Gasteiger partial charge in [0.05, 0.1) is 5.38 Å². The van der Waals surface area contributed by atoms with Crippen molar-refractivity contribution in [3.05, 3.63) is 42.0 Å². The molecule has 1 aromatic carbocycles. The Morgan fingerprint density at radius 1 is 1.05 bits per heavy atom. The molecule has 0 saturated carbocycles. The maximum atomic E-state index is 12.0. The first-order valence-corrected chi connectivity index (χ1v) is 9.75. The molecule has 1 aliphatic rings. The van der Waals surface area contributed by atoms with Crippen molar-refractivity contribution in [1.82, 2.24) is 0 Å². The van der Waals surface area contributed by atoms with Crippen LogP contribution in [0.2, 0.25) is 0 Å². The minimum atomic E-state index is -3.81. The van der Waals surface area contributed by atoms with E-state index >= 15 is 0 Å². The SMILES string of the molecule is CS(=O)(=O)C1(Cl)C(Cl)C=C(c2ccccc2)C(Cl)(Cl)C1Cl. The van der Waals surface area contributed by atoms with E-state index in [-0.39, 0.29) is 0 Å². The summed E-state index contributed by atoms with van der Waals surface area (Å²) in [5.74, 6) is 0. The Kier molecular flexibility index (Phi) is 4.87. The average molecular weight is 409 g/mol. The second-order valence-corrected chi connectivity index (χ2v) is 10.2. The molecule has 3 atom stereocenters. The number of rotatable bonds is 2. The van der Waals surface area contributed by atoms with Crippen LogP contribution in [0.25, 0.3) is 5.57 Å². The highest BCUT2D eigenvalue weighted by Crippen LogP contribution is 2.55. The lowest BCUT2D eigenvalue weighted by molar-refractivity contribution is 0.559. The Balaban J connectivity index is 2.66. The van der Waals surface area contributed by atoms with Gasteiger partial charge in [-0.05, 0) is 11.1 Å². The largest absolute Gasteiger partial charge is 0.227 e. The van der Waals surface area contributed by atoms with Gasteiger partial charge in [0.2, 0.25) is 0 Å². The van der Waals surface area contributed by atoms with Gasteiger partial charge in [-0.15, -0.1) is 23.2 Å². The molecule has 2 rings (SSSR count). The van der Waals surface area contributed by atoms with Crippen molar-refractivity contribution >= 4 is 73.4 Å². The first-order valence-electron chi connectivity index (χ1n) is 5.85. The van der Waals surface area contributed by atoms with Crippen LogP contribution in [0.1, 0.15) is 5.56 Å². The summed E-state index contributed by atoms with van der Waals surface area (Å²) in [6, 6.07) is 8.98. The number of benzene rings is 1. The van der Waals surface area contributed by atoms with E-state index in [1.807, 2.05) is 6.07 Å². The van der Waals surface area contributed by atoms with E-state index in [1.165, 1.54) is 6.08 Å². The minimum Gasteiger partial charge on any atom is -0.227 e. The molecule has 116 valence electrons. The first-order chi connectivity index (χ1) is 9.53. The number of allylic oxidation sites excluding steroid dienone is 2. The molecule has 21 heavy (non-hydrogen) atoms. The van der Waals surface area contributed by atoms with E-state index in [0.29, 0.717) is 11.1 Å². The van der Waals surface area contributed by atoms with E-state index < -0.39 is 29.1 Å². The van der Waals surface area contributed by atoms with Crippen molar-refractivity contribution in [2.45, 2.75) is 19.3 Å². The molecule has 0 amide bonds. The zero-order chi connectivity index (χ0) is 16.1. The summed E-state index contributed by atoms with van der Waals surface area (Å²) >= 11 is 31.3. The van der Waals surface area contributed by atoms with Crippen LogP contribution in [-0.4, -0.2) is 34.0 Å². The molecule has 0 radical (unpaired) electrons. The lowest BCUT2D eigenvalue weighted by atomic mass is 9.91. The third-order valence-corrected chi connectivity index (χ3v) is 8.98. The summed E-state index contributed by atoms with van der Waals surface area (Å²) in [6.45, 7) is 0. The van der Waals surface area contributed by atoms with E-state index in [9.17, 15) is 8.42 Å². The second kappa shape index (κ2) is 5.77. The number of hydrogen-bond donors (Lipinski definition) is 0. The molecule has 0 fully saturated rings. The van der Waals surface area contributed by atoms with Gasteiger partial charge in [0.15, 0.2) is 18.4 Å². The summed E-state index contributed by atoms with van der Waals surface area (Å²) in [4.78, 5) is 0. The highest BCUT2D eigenvalue weighted by Gasteiger charge is 2.62. The van der Waals surface area contributed by atoms with Crippen LogP contribution in [0.15, 0.2) is 36.4 Å². The summed E-state index contributed by atoms with van der Waals surface area (Å²) in [5.41, 5.74) is 1.14. The summed E-state index contributed by atoms with van der Waals surface area (Å²) in [6.07, 6.45) is 2.40. The lowest BCUT2D eigenvalue weighted by Gasteiger charge is -2.43. The standard InChI is InChI=1S/C13H11Cl5O2S/c1-21(19,20)13(18)10(14)7-9(12(16,17)11(13)15)8-5-3-2-4-6-8/h2-7,10-11H,1H3. The summed E-state index contributed by atoms with van der Waals surface area (Å²) in [5, 5.41) is -2.40. The van der Waals surface area contributed by atoms with Crippen LogP contribution in [0.5, 0.6) is 0 Å². The van der Waals surface area contributed by atoms with Crippen LogP contribution in [-0.2, 0) is 9.84 Å². The third kappa shape index (κ3) is 2.82. The van der Waals surface area contributed by atoms with Crippen molar-refractivity contribution in [1.29, 1.82) is 0 Å². The van der Waals surface area contributed by atoms with E-state index in [1.54, 1.807) is 24.3 Å². The summed E-state index contributed by atoms with van der Waals surface area (Å²) < 4.78 is 20.3. The molecule has 1 aromatic rings. The monoisotopic (exact) mass is 406 g/mol. The molecular weight excluding hydrogens is 397 g/mol. The van der Waals surface area contributed by atoms with Crippen LogP contribution in [0, 0.1) is 0 Å². The normalized spacial score (nSPS) is 32.6. The molecule has 0 saturated heterocycles. The van der Waals surface area contributed by atoms with Crippen LogP contribution in [0.3, 0.4) is 0 Å². The van der Waals surface area contributed by atoms with E-state index in [0.717, 1.165) is 6.26 Å². The van der Waals surface area contributed by atoms with Crippen LogP contribution in [0.4, 0.5) is 0 Å². The Labute approximate surface area is 148 Å². The maximum absolute atomic E-state index is 12.0. The Bertz CT molecular complexity index is 671. The Morgan fingerprint density at radius 3 is 2.05 bits per heavy atom. The number of alkyl halides is 5. The summed E-state index contributed by atoms with van der Waals surface area (Å²) in [7, 11) is -3.81. The van der Waals surface area contributed by atoms with Crippen molar-refractivity contribution in [3.8, 4) is 0 Å². The van der Waals surface area contributed by atoms with Crippen LogP contribution < -0.4 is 0 Å². The molecule has 0 N–H and O–H groups in total.